The lowest BCUT2D eigenvalue weighted by Gasteiger charge is -2.25. The van der Waals surface area contributed by atoms with E-state index < -0.39 is 0 Å². The van der Waals surface area contributed by atoms with E-state index in [4.69, 9.17) is 0 Å². The number of carbonyl (C=O) groups is 3. The first-order valence-electron chi connectivity index (χ1n) is 10.7. The van der Waals surface area contributed by atoms with Crippen molar-refractivity contribution >= 4 is 17.7 Å². The molecule has 156 valence electrons. The Morgan fingerprint density at radius 1 is 1.00 bits per heavy atom. The summed E-state index contributed by atoms with van der Waals surface area (Å²) in [6.45, 7) is 8.29. The number of imide groups is 1. The van der Waals surface area contributed by atoms with Gasteiger partial charge < -0.3 is 5.32 Å². The van der Waals surface area contributed by atoms with Gasteiger partial charge in [0.25, 0.3) is 0 Å². The first-order valence-corrected chi connectivity index (χ1v) is 10.7. The highest BCUT2D eigenvalue weighted by Crippen LogP contribution is 2.35. The van der Waals surface area contributed by atoms with E-state index in [9.17, 15) is 14.4 Å². The first-order chi connectivity index (χ1) is 13.8. The van der Waals surface area contributed by atoms with Crippen LogP contribution in [0.3, 0.4) is 0 Å². The molecular formula is C24H32N2O3. The number of hydrogen-bond acceptors (Lipinski definition) is 3. The van der Waals surface area contributed by atoms with E-state index >= 15 is 0 Å². The van der Waals surface area contributed by atoms with Crippen molar-refractivity contribution in [1.82, 2.24) is 10.2 Å². The predicted octanol–water partition coefficient (Wildman–Crippen LogP) is 3.96. The zero-order chi connectivity index (χ0) is 21.1. The lowest BCUT2D eigenvalue weighted by molar-refractivity contribution is -0.143. The summed E-state index contributed by atoms with van der Waals surface area (Å²) < 4.78 is 0. The van der Waals surface area contributed by atoms with Gasteiger partial charge in [0.05, 0.1) is 17.9 Å². The molecule has 1 N–H and O–H groups in total. The van der Waals surface area contributed by atoms with Gasteiger partial charge in [0, 0.05) is 0 Å². The number of rotatable bonds is 7. The minimum Gasteiger partial charge on any atom is -0.347 e. The minimum absolute atomic E-state index is 0.162. The normalized spacial score (nSPS) is 23.3. The second-order valence-corrected chi connectivity index (χ2v) is 8.68. The van der Waals surface area contributed by atoms with Gasteiger partial charge in [-0.25, -0.2) is 0 Å². The zero-order valence-corrected chi connectivity index (χ0v) is 17.9. The van der Waals surface area contributed by atoms with Gasteiger partial charge in [-0.3, -0.25) is 19.3 Å². The molecular weight excluding hydrogens is 364 g/mol. The molecule has 3 rings (SSSR count). The molecule has 1 aliphatic carbocycles. The van der Waals surface area contributed by atoms with Crippen molar-refractivity contribution < 1.29 is 14.4 Å². The second kappa shape index (κ2) is 8.93. The van der Waals surface area contributed by atoms with E-state index in [0.29, 0.717) is 18.8 Å². The maximum Gasteiger partial charge on any atom is 0.240 e. The molecule has 0 radical (unpaired) electrons. The van der Waals surface area contributed by atoms with Gasteiger partial charge in [-0.1, -0.05) is 64.1 Å². The Morgan fingerprint density at radius 2 is 1.52 bits per heavy atom. The Hall–Kier alpha value is -2.43. The summed E-state index contributed by atoms with van der Waals surface area (Å²) in [6, 6.07) is 8.22. The Labute approximate surface area is 173 Å². The number of fused-ring (bicyclic) bond motifs is 1. The van der Waals surface area contributed by atoms with Crippen LogP contribution in [0.5, 0.6) is 0 Å². The first kappa shape index (κ1) is 21.3. The highest BCUT2D eigenvalue weighted by atomic mass is 16.2. The number of allylic oxidation sites excluding steroid dienone is 2. The van der Waals surface area contributed by atoms with E-state index in [1.54, 1.807) is 0 Å². The molecule has 0 aromatic heterocycles. The molecule has 4 unspecified atom stereocenters. The zero-order valence-electron chi connectivity index (χ0n) is 17.9. The van der Waals surface area contributed by atoms with Crippen molar-refractivity contribution in [3.63, 3.8) is 0 Å². The second-order valence-electron chi connectivity index (χ2n) is 8.68. The standard InChI is InChI=1S/C24H32N2O3/c1-5-16(4)17-10-12-18(13-11-17)22(15(2)3)25-21(27)14-26-23(28)19-8-6-7-9-20(19)24(26)29/h6-7,10-13,15-16,19-20,22H,5,8-9,14H2,1-4H3,(H,25,27). The summed E-state index contributed by atoms with van der Waals surface area (Å²) in [4.78, 5) is 39.1. The molecule has 2 aliphatic rings. The van der Waals surface area contributed by atoms with E-state index in [-0.39, 0.29) is 48.1 Å². The summed E-state index contributed by atoms with van der Waals surface area (Å²) in [5.74, 6) is -0.616. The van der Waals surface area contributed by atoms with E-state index in [1.807, 2.05) is 12.2 Å². The molecule has 4 atom stereocenters. The van der Waals surface area contributed by atoms with Crippen molar-refractivity contribution in [3.8, 4) is 0 Å². The van der Waals surface area contributed by atoms with Gasteiger partial charge in [0.1, 0.15) is 6.54 Å². The summed E-state index contributed by atoms with van der Waals surface area (Å²) in [7, 11) is 0. The number of benzene rings is 1. The summed E-state index contributed by atoms with van der Waals surface area (Å²) in [6.07, 6.45) is 6.16. The maximum atomic E-state index is 12.7. The van der Waals surface area contributed by atoms with Gasteiger partial charge in [0.15, 0.2) is 0 Å². The van der Waals surface area contributed by atoms with Crippen LogP contribution in [0.2, 0.25) is 0 Å². The third kappa shape index (κ3) is 4.44. The number of hydrogen-bond donors (Lipinski definition) is 1. The van der Waals surface area contributed by atoms with E-state index in [1.165, 1.54) is 5.56 Å². The van der Waals surface area contributed by atoms with Crippen LogP contribution in [0.25, 0.3) is 0 Å². The molecule has 0 spiro atoms. The summed E-state index contributed by atoms with van der Waals surface area (Å²) in [5, 5.41) is 3.04. The highest BCUT2D eigenvalue weighted by molar-refractivity contribution is 6.07. The van der Waals surface area contributed by atoms with Gasteiger partial charge in [-0.15, -0.1) is 0 Å². The maximum absolute atomic E-state index is 12.7. The van der Waals surface area contributed by atoms with Crippen molar-refractivity contribution in [1.29, 1.82) is 0 Å². The summed E-state index contributed by atoms with van der Waals surface area (Å²) >= 11 is 0. The molecule has 1 aliphatic heterocycles. The van der Waals surface area contributed by atoms with Crippen LogP contribution in [0.15, 0.2) is 36.4 Å². The fourth-order valence-corrected chi connectivity index (χ4v) is 4.29. The summed E-state index contributed by atoms with van der Waals surface area (Å²) in [5.41, 5.74) is 2.33. The fraction of sp³-hybridized carbons (Fsp3) is 0.542. The lowest BCUT2D eigenvalue weighted by atomic mass is 9.85. The molecule has 1 aromatic rings. The third-order valence-electron chi connectivity index (χ3n) is 6.36. The Kier molecular flexibility index (Phi) is 6.56. The smallest absolute Gasteiger partial charge is 0.240 e. The lowest BCUT2D eigenvalue weighted by Crippen LogP contribution is -2.43. The molecule has 1 fully saturated rings. The molecule has 0 bridgehead atoms. The quantitative estimate of drug-likeness (QED) is 0.560. The van der Waals surface area contributed by atoms with Gasteiger partial charge >= 0.3 is 0 Å². The average Bonchev–Trinajstić information content (AvgIpc) is 2.96. The Morgan fingerprint density at radius 3 is 2.00 bits per heavy atom. The molecule has 5 heteroatoms. The van der Waals surface area contributed by atoms with Crippen molar-refractivity contribution in [2.24, 2.45) is 17.8 Å². The van der Waals surface area contributed by atoms with Gasteiger partial charge in [-0.2, -0.15) is 0 Å². The van der Waals surface area contributed by atoms with Crippen LogP contribution < -0.4 is 5.32 Å². The van der Waals surface area contributed by atoms with Crippen LogP contribution in [0.1, 0.15) is 70.0 Å². The van der Waals surface area contributed by atoms with Crippen molar-refractivity contribution in [3.05, 3.63) is 47.5 Å². The minimum atomic E-state index is -0.297. The molecule has 1 aromatic carbocycles. The van der Waals surface area contributed by atoms with Crippen LogP contribution >= 0.6 is 0 Å². The predicted molar refractivity (Wildman–Crippen MR) is 113 cm³/mol. The van der Waals surface area contributed by atoms with Crippen molar-refractivity contribution in [2.45, 2.75) is 58.9 Å². The average molecular weight is 397 g/mol. The van der Waals surface area contributed by atoms with Crippen LogP contribution in [0.4, 0.5) is 0 Å². The molecule has 1 saturated heterocycles. The van der Waals surface area contributed by atoms with Crippen LogP contribution in [0, 0.1) is 17.8 Å². The van der Waals surface area contributed by atoms with E-state index in [0.717, 1.165) is 16.9 Å². The van der Waals surface area contributed by atoms with Gasteiger partial charge in [0.2, 0.25) is 17.7 Å². The number of amides is 3. The van der Waals surface area contributed by atoms with Gasteiger partial charge in [-0.05, 0) is 42.2 Å². The molecule has 5 nitrogen and oxygen atoms in total. The number of nitrogens with zero attached hydrogens (tertiary/aromatic N) is 1. The van der Waals surface area contributed by atoms with Crippen LogP contribution in [-0.2, 0) is 14.4 Å². The monoisotopic (exact) mass is 396 g/mol. The fourth-order valence-electron chi connectivity index (χ4n) is 4.29. The number of nitrogens with one attached hydrogen (secondary N) is 1. The van der Waals surface area contributed by atoms with E-state index in [2.05, 4.69) is 57.3 Å². The largest absolute Gasteiger partial charge is 0.347 e. The highest BCUT2D eigenvalue weighted by Gasteiger charge is 2.47. The topological polar surface area (TPSA) is 66.5 Å². The Balaban J connectivity index is 1.67. The number of likely N-dealkylation sites (tertiary alicyclic amines) is 1. The molecule has 29 heavy (non-hydrogen) atoms. The van der Waals surface area contributed by atoms with Crippen molar-refractivity contribution in [2.75, 3.05) is 6.54 Å². The molecule has 1 heterocycles. The SMILES string of the molecule is CCC(C)c1ccc(C(NC(=O)CN2C(=O)C3CC=CCC3C2=O)C(C)C)cc1. The molecule has 3 amide bonds. The number of carbonyl (C=O) groups excluding carboxylic acids is 3. The van der Waals surface area contributed by atoms with Crippen LogP contribution in [-0.4, -0.2) is 29.2 Å². The third-order valence-corrected chi connectivity index (χ3v) is 6.36. The molecule has 0 saturated carbocycles. The Bertz CT molecular complexity index is 771.